The van der Waals surface area contributed by atoms with Gasteiger partial charge >= 0.3 is 0 Å². The highest BCUT2D eigenvalue weighted by Gasteiger charge is 2.13. The Hall–Kier alpha value is -3.29. The van der Waals surface area contributed by atoms with E-state index in [0.717, 1.165) is 5.56 Å². The highest BCUT2D eigenvalue weighted by Crippen LogP contribution is 2.38. The minimum Gasteiger partial charge on any atom is -0.493 e. The van der Waals surface area contributed by atoms with Crippen LogP contribution in [0.15, 0.2) is 60.7 Å². The van der Waals surface area contributed by atoms with E-state index in [1.54, 1.807) is 36.4 Å². The van der Waals surface area contributed by atoms with Crippen LogP contribution < -0.4 is 9.47 Å². The fraction of sp³-hybridized carbons (Fsp3) is 0.125. The molecule has 146 valence electrons. The zero-order valence-electron chi connectivity index (χ0n) is 16.1. The van der Waals surface area contributed by atoms with Gasteiger partial charge in [-0.15, -0.1) is 0 Å². The lowest BCUT2D eigenvalue weighted by atomic mass is 10.0. The molecule has 0 spiro atoms. The Kier molecular flexibility index (Phi) is 6.54. The van der Waals surface area contributed by atoms with E-state index in [0.29, 0.717) is 28.7 Å². The molecule has 3 aromatic rings. The molecule has 0 aromatic heterocycles. The smallest absolute Gasteiger partial charge is 0.180 e. The first-order chi connectivity index (χ1) is 14.0. The third kappa shape index (κ3) is 4.96. The second-order valence-electron chi connectivity index (χ2n) is 6.46. The van der Waals surface area contributed by atoms with Gasteiger partial charge in [-0.25, -0.2) is 4.39 Å². The highest BCUT2D eigenvalue weighted by molar-refractivity contribution is 6.32. The van der Waals surface area contributed by atoms with Crippen LogP contribution in [0.25, 0.3) is 11.6 Å². The van der Waals surface area contributed by atoms with Gasteiger partial charge in [-0.3, -0.25) is 0 Å². The molecule has 0 atom stereocenters. The molecule has 0 unspecified atom stereocenters. The summed E-state index contributed by atoms with van der Waals surface area (Å²) in [5.74, 6) is 0.384. The van der Waals surface area contributed by atoms with Crippen LogP contribution >= 0.6 is 11.6 Å². The summed E-state index contributed by atoms with van der Waals surface area (Å²) in [5, 5.41) is 9.81. The van der Waals surface area contributed by atoms with Crippen molar-refractivity contribution in [2.24, 2.45) is 0 Å². The average Bonchev–Trinajstić information content (AvgIpc) is 2.72. The van der Waals surface area contributed by atoms with Crippen molar-refractivity contribution in [3.63, 3.8) is 0 Å². The Balaban J connectivity index is 1.90. The molecule has 0 fully saturated rings. The molecule has 0 radical (unpaired) electrons. The van der Waals surface area contributed by atoms with E-state index in [4.69, 9.17) is 21.1 Å². The second-order valence-corrected chi connectivity index (χ2v) is 6.87. The van der Waals surface area contributed by atoms with Crippen LogP contribution in [-0.4, -0.2) is 7.11 Å². The zero-order valence-corrected chi connectivity index (χ0v) is 16.8. The van der Waals surface area contributed by atoms with Crippen LogP contribution in [0.3, 0.4) is 0 Å². The van der Waals surface area contributed by atoms with Crippen LogP contribution in [0.2, 0.25) is 5.02 Å². The summed E-state index contributed by atoms with van der Waals surface area (Å²) < 4.78 is 25.3. The van der Waals surface area contributed by atoms with E-state index in [1.807, 2.05) is 37.3 Å². The number of halogens is 2. The third-order valence-corrected chi connectivity index (χ3v) is 4.63. The van der Waals surface area contributed by atoms with E-state index in [1.165, 1.54) is 18.7 Å². The SMILES string of the molecule is COc1cc(/C=C(/C#N)c2ccccc2F)cc(Cl)c1OCc1ccc(C)cc1. The molecule has 0 aliphatic rings. The molecule has 0 saturated carbocycles. The summed E-state index contributed by atoms with van der Waals surface area (Å²) in [6.45, 7) is 2.36. The van der Waals surface area contributed by atoms with Gasteiger partial charge in [-0.05, 0) is 42.3 Å². The van der Waals surface area contributed by atoms with Crippen molar-refractivity contribution in [3.8, 4) is 17.6 Å². The first kappa shape index (κ1) is 20.4. The molecule has 29 heavy (non-hydrogen) atoms. The first-order valence-electron chi connectivity index (χ1n) is 8.94. The van der Waals surface area contributed by atoms with Gasteiger partial charge in [0.25, 0.3) is 0 Å². The molecular formula is C24H19ClFNO2. The van der Waals surface area contributed by atoms with Crippen LogP contribution in [-0.2, 0) is 6.61 Å². The van der Waals surface area contributed by atoms with E-state index in [-0.39, 0.29) is 11.1 Å². The van der Waals surface area contributed by atoms with Crippen molar-refractivity contribution in [3.05, 3.63) is 93.8 Å². The Morgan fingerprint density at radius 1 is 1.14 bits per heavy atom. The number of benzene rings is 3. The molecular weight excluding hydrogens is 389 g/mol. The number of ether oxygens (including phenoxy) is 2. The molecule has 0 heterocycles. The van der Waals surface area contributed by atoms with Crippen LogP contribution in [0, 0.1) is 24.1 Å². The number of nitrogens with zero attached hydrogens (tertiary/aromatic N) is 1. The first-order valence-corrected chi connectivity index (χ1v) is 9.32. The van der Waals surface area contributed by atoms with Crippen molar-refractivity contribution in [1.29, 1.82) is 5.26 Å². The normalized spacial score (nSPS) is 11.1. The fourth-order valence-electron chi connectivity index (χ4n) is 2.82. The summed E-state index contributed by atoms with van der Waals surface area (Å²) in [7, 11) is 1.51. The van der Waals surface area contributed by atoms with E-state index in [2.05, 4.69) is 0 Å². The molecule has 5 heteroatoms. The highest BCUT2D eigenvalue weighted by atomic mass is 35.5. The molecule has 3 aromatic carbocycles. The molecule has 3 nitrogen and oxygen atoms in total. The summed E-state index contributed by atoms with van der Waals surface area (Å²) in [6.07, 6.45) is 1.57. The topological polar surface area (TPSA) is 42.2 Å². The maximum atomic E-state index is 14.0. The van der Waals surface area contributed by atoms with Crippen molar-refractivity contribution in [1.82, 2.24) is 0 Å². The van der Waals surface area contributed by atoms with Crippen LogP contribution in [0.4, 0.5) is 4.39 Å². The zero-order chi connectivity index (χ0) is 20.8. The Labute approximate surface area is 174 Å². The lowest BCUT2D eigenvalue weighted by Gasteiger charge is -2.14. The van der Waals surface area contributed by atoms with Crippen molar-refractivity contribution < 1.29 is 13.9 Å². The number of rotatable bonds is 6. The van der Waals surface area contributed by atoms with Gasteiger partial charge < -0.3 is 9.47 Å². The summed E-state index contributed by atoms with van der Waals surface area (Å²) in [6, 6.07) is 19.5. The molecule has 0 aliphatic heterocycles. The van der Waals surface area contributed by atoms with Gasteiger partial charge in [0.1, 0.15) is 12.4 Å². The van der Waals surface area contributed by atoms with E-state index in [9.17, 15) is 9.65 Å². The number of methoxy groups -OCH3 is 1. The lowest BCUT2D eigenvalue weighted by molar-refractivity contribution is 0.284. The second kappa shape index (κ2) is 9.27. The van der Waals surface area contributed by atoms with Crippen LogP contribution in [0.1, 0.15) is 22.3 Å². The van der Waals surface area contributed by atoms with Crippen LogP contribution in [0.5, 0.6) is 11.5 Å². The number of hydrogen-bond acceptors (Lipinski definition) is 3. The Morgan fingerprint density at radius 3 is 2.52 bits per heavy atom. The molecule has 0 N–H and O–H groups in total. The minimum absolute atomic E-state index is 0.189. The van der Waals surface area contributed by atoms with Gasteiger partial charge in [0, 0.05) is 5.56 Å². The molecule has 3 rings (SSSR count). The Bertz CT molecular complexity index is 1090. The standard InChI is InChI=1S/C24H19ClFNO2/c1-16-7-9-17(10-8-16)15-29-24-21(25)12-18(13-23(24)28-2)11-19(14-27)20-5-3-4-6-22(20)26/h3-13H,15H2,1-2H3/b19-11-. The third-order valence-electron chi connectivity index (χ3n) is 4.35. The average molecular weight is 408 g/mol. The summed E-state index contributed by atoms with van der Waals surface area (Å²) >= 11 is 6.42. The van der Waals surface area contributed by atoms with Gasteiger partial charge in [0.2, 0.25) is 0 Å². The van der Waals surface area contributed by atoms with Crippen molar-refractivity contribution in [2.45, 2.75) is 13.5 Å². The van der Waals surface area contributed by atoms with Crippen molar-refractivity contribution in [2.75, 3.05) is 7.11 Å². The molecule has 0 aliphatic carbocycles. The molecule has 0 bridgehead atoms. The van der Waals surface area contributed by atoms with Gasteiger partial charge in [-0.1, -0.05) is 59.6 Å². The predicted molar refractivity (Wildman–Crippen MR) is 113 cm³/mol. The summed E-state index contributed by atoms with van der Waals surface area (Å²) in [4.78, 5) is 0. The fourth-order valence-corrected chi connectivity index (χ4v) is 3.09. The van der Waals surface area contributed by atoms with E-state index < -0.39 is 5.82 Å². The number of allylic oxidation sites excluding steroid dienone is 1. The minimum atomic E-state index is -0.462. The maximum absolute atomic E-state index is 14.0. The van der Waals surface area contributed by atoms with Gasteiger partial charge in [0.05, 0.1) is 23.8 Å². The molecule has 0 saturated heterocycles. The maximum Gasteiger partial charge on any atom is 0.180 e. The van der Waals surface area contributed by atoms with Crippen molar-refractivity contribution >= 4 is 23.3 Å². The Morgan fingerprint density at radius 2 is 1.86 bits per heavy atom. The van der Waals surface area contributed by atoms with E-state index >= 15 is 0 Å². The van der Waals surface area contributed by atoms with Gasteiger partial charge in [-0.2, -0.15) is 5.26 Å². The predicted octanol–water partition coefficient (Wildman–Crippen LogP) is 6.44. The number of hydrogen-bond donors (Lipinski definition) is 0. The quantitative estimate of drug-likeness (QED) is 0.349. The summed E-state index contributed by atoms with van der Waals surface area (Å²) in [5.41, 5.74) is 3.20. The number of aryl methyl sites for hydroxylation is 1. The monoisotopic (exact) mass is 407 g/mol. The lowest BCUT2D eigenvalue weighted by Crippen LogP contribution is -1.99. The largest absolute Gasteiger partial charge is 0.493 e. The molecule has 0 amide bonds. The van der Waals surface area contributed by atoms with Gasteiger partial charge in [0.15, 0.2) is 11.5 Å². The number of nitriles is 1.